The lowest BCUT2D eigenvalue weighted by atomic mass is 9.67. The summed E-state index contributed by atoms with van der Waals surface area (Å²) in [5.41, 5.74) is 4.88. The Bertz CT molecular complexity index is 608. The summed E-state index contributed by atoms with van der Waals surface area (Å²) >= 11 is 0. The first-order valence-corrected chi connectivity index (χ1v) is 8.02. The van der Waals surface area contributed by atoms with Crippen LogP contribution in [-0.4, -0.2) is 15.0 Å². The van der Waals surface area contributed by atoms with Gasteiger partial charge in [-0.3, -0.25) is 0 Å². The summed E-state index contributed by atoms with van der Waals surface area (Å²) in [5.74, 6) is -2.10. The summed E-state index contributed by atoms with van der Waals surface area (Å²) < 4.78 is 53.3. The SMILES string of the molecule is CCC1(CNS(=O)(=O)c2cc(N)c(F)cc2F)CCC1. The zero-order valence-electron chi connectivity index (χ0n) is 11.2. The first-order valence-electron chi connectivity index (χ1n) is 6.54. The normalized spacial score (nSPS) is 17.8. The van der Waals surface area contributed by atoms with Crippen LogP contribution in [0.15, 0.2) is 17.0 Å². The van der Waals surface area contributed by atoms with E-state index >= 15 is 0 Å². The highest BCUT2D eigenvalue weighted by atomic mass is 32.2. The van der Waals surface area contributed by atoms with Crippen molar-refractivity contribution < 1.29 is 17.2 Å². The van der Waals surface area contributed by atoms with Gasteiger partial charge in [0.1, 0.15) is 16.5 Å². The number of nitrogens with two attached hydrogens (primary N) is 1. The number of hydrogen-bond donors (Lipinski definition) is 2. The average molecular weight is 304 g/mol. The molecule has 1 aromatic carbocycles. The molecule has 0 spiro atoms. The smallest absolute Gasteiger partial charge is 0.243 e. The number of halogens is 2. The van der Waals surface area contributed by atoms with Gasteiger partial charge in [-0.25, -0.2) is 21.9 Å². The quantitative estimate of drug-likeness (QED) is 0.821. The van der Waals surface area contributed by atoms with Crippen LogP contribution in [0.1, 0.15) is 32.6 Å². The second-order valence-electron chi connectivity index (χ2n) is 5.34. The highest BCUT2D eigenvalue weighted by Gasteiger charge is 2.36. The third-order valence-corrected chi connectivity index (χ3v) is 5.56. The lowest BCUT2D eigenvalue weighted by Crippen LogP contribution is -2.41. The van der Waals surface area contributed by atoms with Gasteiger partial charge in [0, 0.05) is 12.6 Å². The minimum absolute atomic E-state index is 0.0326. The fraction of sp³-hybridized carbons (Fsp3) is 0.538. The van der Waals surface area contributed by atoms with Gasteiger partial charge in [-0.1, -0.05) is 13.3 Å². The van der Waals surface area contributed by atoms with Crippen LogP contribution in [0.2, 0.25) is 0 Å². The monoisotopic (exact) mass is 304 g/mol. The van der Waals surface area contributed by atoms with Crippen LogP contribution in [0.4, 0.5) is 14.5 Å². The van der Waals surface area contributed by atoms with Gasteiger partial charge in [0.05, 0.1) is 5.69 Å². The zero-order valence-corrected chi connectivity index (χ0v) is 12.1. The van der Waals surface area contributed by atoms with Crippen molar-refractivity contribution in [3.63, 3.8) is 0 Å². The Morgan fingerprint density at radius 1 is 1.30 bits per heavy atom. The Labute approximate surface area is 117 Å². The molecule has 0 radical (unpaired) electrons. The molecule has 0 unspecified atom stereocenters. The molecule has 1 aromatic rings. The molecular weight excluding hydrogens is 286 g/mol. The van der Waals surface area contributed by atoms with Crippen LogP contribution in [0.5, 0.6) is 0 Å². The van der Waals surface area contributed by atoms with E-state index < -0.39 is 26.6 Å². The Morgan fingerprint density at radius 3 is 2.45 bits per heavy atom. The van der Waals surface area contributed by atoms with Crippen LogP contribution in [-0.2, 0) is 10.0 Å². The first-order chi connectivity index (χ1) is 9.30. The molecule has 3 N–H and O–H groups in total. The number of sulfonamides is 1. The van der Waals surface area contributed by atoms with Crippen LogP contribution in [0, 0.1) is 17.0 Å². The van der Waals surface area contributed by atoms with E-state index in [1.54, 1.807) is 0 Å². The molecule has 20 heavy (non-hydrogen) atoms. The lowest BCUT2D eigenvalue weighted by molar-refractivity contribution is 0.133. The number of benzene rings is 1. The predicted octanol–water partition coefficient (Wildman–Crippen LogP) is 2.41. The molecule has 0 bridgehead atoms. The minimum atomic E-state index is -4.02. The van der Waals surface area contributed by atoms with Crippen molar-refractivity contribution in [2.45, 2.75) is 37.5 Å². The summed E-state index contributed by atoms with van der Waals surface area (Å²) in [6.45, 7) is 2.27. The first kappa shape index (κ1) is 15.2. The Morgan fingerprint density at radius 2 is 1.95 bits per heavy atom. The van der Waals surface area contributed by atoms with Gasteiger partial charge in [-0.05, 0) is 30.7 Å². The molecule has 0 amide bonds. The molecule has 0 aromatic heterocycles. The fourth-order valence-electron chi connectivity index (χ4n) is 2.41. The Balaban J connectivity index is 2.20. The van der Waals surface area contributed by atoms with E-state index in [2.05, 4.69) is 4.72 Å². The van der Waals surface area contributed by atoms with Crippen LogP contribution >= 0.6 is 0 Å². The van der Waals surface area contributed by atoms with Gasteiger partial charge in [-0.2, -0.15) is 0 Å². The van der Waals surface area contributed by atoms with E-state index in [1.807, 2.05) is 6.92 Å². The molecule has 0 atom stereocenters. The van der Waals surface area contributed by atoms with Crippen molar-refractivity contribution >= 4 is 15.7 Å². The summed E-state index contributed by atoms with van der Waals surface area (Å²) in [6, 6.07) is 1.30. The standard InChI is InChI=1S/C13H18F2N2O2S/c1-2-13(4-3-5-13)8-17-20(18,19)12-7-11(16)9(14)6-10(12)15/h6-7,17H,2-5,8,16H2,1H3. The maximum Gasteiger partial charge on any atom is 0.243 e. The third-order valence-electron chi connectivity index (χ3n) is 4.14. The Hall–Kier alpha value is -1.21. The van der Waals surface area contributed by atoms with Gasteiger partial charge in [0.2, 0.25) is 10.0 Å². The number of anilines is 1. The second-order valence-corrected chi connectivity index (χ2v) is 7.07. The summed E-state index contributed by atoms with van der Waals surface area (Å²) in [4.78, 5) is -0.609. The van der Waals surface area contributed by atoms with Gasteiger partial charge in [0.25, 0.3) is 0 Å². The molecular formula is C13H18F2N2O2S. The fourth-order valence-corrected chi connectivity index (χ4v) is 3.66. The van der Waals surface area contributed by atoms with Crippen molar-refractivity contribution in [3.05, 3.63) is 23.8 Å². The molecule has 4 nitrogen and oxygen atoms in total. The van der Waals surface area contributed by atoms with Crippen molar-refractivity contribution in [2.75, 3.05) is 12.3 Å². The van der Waals surface area contributed by atoms with E-state index in [-0.39, 0.29) is 17.6 Å². The highest BCUT2D eigenvalue weighted by Crippen LogP contribution is 2.43. The molecule has 112 valence electrons. The predicted molar refractivity (Wildman–Crippen MR) is 72.5 cm³/mol. The van der Waals surface area contributed by atoms with Gasteiger partial charge < -0.3 is 5.73 Å². The van der Waals surface area contributed by atoms with Gasteiger partial charge >= 0.3 is 0 Å². The zero-order chi connectivity index (χ0) is 15.0. The van der Waals surface area contributed by atoms with Crippen LogP contribution in [0.25, 0.3) is 0 Å². The largest absolute Gasteiger partial charge is 0.396 e. The molecule has 1 fully saturated rings. The summed E-state index contributed by atoms with van der Waals surface area (Å²) in [6.07, 6.45) is 3.86. The van der Waals surface area contributed by atoms with E-state index in [1.165, 1.54) is 0 Å². The third kappa shape index (κ3) is 2.78. The van der Waals surface area contributed by atoms with E-state index in [4.69, 9.17) is 5.73 Å². The highest BCUT2D eigenvalue weighted by molar-refractivity contribution is 7.89. The van der Waals surface area contributed by atoms with Gasteiger partial charge in [-0.15, -0.1) is 0 Å². The number of hydrogen-bond acceptors (Lipinski definition) is 3. The molecule has 0 heterocycles. The Kier molecular flexibility index (Phi) is 4.02. The molecule has 2 rings (SSSR count). The van der Waals surface area contributed by atoms with E-state index in [0.717, 1.165) is 31.7 Å². The second kappa shape index (κ2) is 5.29. The number of nitrogens with one attached hydrogen (secondary N) is 1. The molecule has 1 aliphatic rings. The lowest BCUT2D eigenvalue weighted by Gasteiger charge is -2.41. The van der Waals surface area contributed by atoms with Crippen LogP contribution < -0.4 is 10.5 Å². The van der Waals surface area contributed by atoms with E-state index in [0.29, 0.717) is 6.07 Å². The summed E-state index contributed by atoms with van der Waals surface area (Å²) in [7, 11) is -4.02. The van der Waals surface area contributed by atoms with Crippen LogP contribution in [0.3, 0.4) is 0 Å². The number of rotatable bonds is 5. The maximum atomic E-state index is 13.6. The average Bonchev–Trinajstić information content (AvgIpc) is 2.32. The minimum Gasteiger partial charge on any atom is -0.396 e. The maximum absolute atomic E-state index is 13.6. The van der Waals surface area contributed by atoms with Gasteiger partial charge in [0.15, 0.2) is 0 Å². The van der Waals surface area contributed by atoms with Crippen molar-refractivity contribution in [2.24, 2.45) is 5.41 Å². The van der Waals surface area contributed by atoms with Crippen molar-refractivity contribution in [3.8, 4) is 0 Å². The van der Waals surface area contributed by atoms with Crippen molar-refractivity contribution in [1.29, 1.82) is 0 Å². The number of nitrogen functional groups attached to an aromatic ring is 1. The molecule has 7 heteroatoms. The molecule has 1 aliphatic carbocycles. The topological polar surface area (TPSA) is 72.2 Å². The molecule has 1 saturated carbocycles. The van der Waals surface area contributed by atoms with Crippen molar-refractivity contribution in [1.82, 2.24) is 4.72 Å². The molecule has 0 aliphatic heterocycles. The molecule has 0 saturated heterocycles. The summed E-state index contributed by atoms with van der Waals surface area (Å²) in [5, 5.41) is 0. The van der Waals surface area contributed by atoms with E-state index in [9.17, 15) is 17.2 Å².